The van der Waals surface area contributed by atoms with Gasteiger partial charge in [-0.3, -0.25) is 0 Å². The molecule has 7 heteroatoms. The molecule has 1 saturated heterocycles. The van der Waals surface area contributed by atoms with Crippen molar-refractivity contribution >= 4 is 31.6 Å². The van der Waals surface area contributed by atoms with Crippen molar-refractivity contribution in [1.82, 2.24) is 4.31 Å². The van der Waals surface area contributed by atoms with Crippen LogP contribution < -0.4 is 5.73 Å². The summed E-state index contributed by atoms with van der Waals surface area (Å²) in [6.07, 6.45) is -0.225. The van der Waals surface area contributed by atoms with E-state index in [1.165, 1.54) is 10.4 Å². The number of nitrogens with zero attached hydrogens (tertiary/aromatic N) is 1. The molecule has 0 aromatic heterocycles. The third-order valence-electron chi connectivity index (χ3n) is 2.96. The first-order valence-corrected chi connectivity index (χ1v) is 8.24. The molecule has 0 spiro atoms. The lowest BCUT2D eigenvalue weighted by Crippen LogP contribution is -2.48. The first-order valence-electron chi connectivity index (χ1n) is 6.01. The van der Waals surface area contributed by atoms with Crippen LogP contribution in [0, 0.1) is 0 Å². The Labute approximate surface area is 121 Å². The summed E-state index contributed by atoms with van der Waals surface area (Å²) in [6.45, 7) is 4.45. The molecule has 1 heterocycles. The van der Waals surface area contributed by atoms with Gasteiger partial charge in [0.2, 0.25) is 10.0 Å². The van der Waals surface area contributed by atoms with Crippen molar-refractivity contribution in [2.45, 2.75) is 31.0 Å². The number of rotatable bonds is 2. The molecule has 1 aromatic carbocycles. The fraction of sp³-hybridized carbons (Fsp3) is 0.500. The zero-order valence-electron chi connectivity index (χ0n) is 10.8. The van der Waals surface area contributed by atoms with Crippen LogP contribution in [0.5, 0.6) is 0 Å². The van der Waals surface area contributed by atoms with Crippen molar-refractivity contribution in [2.75, 3.05) is 18.8 Å². The Balaban J connectivity index is 2.39. The Bertz CT molecular complexity index is 566. The third-order valence-corrected chi connectivity index (χ3v) is 5.78. The Morgan fingerprint density at radius 3 is 2.47 bits per heavy atom. The summed E-state index contributed by atoms with van der Waals surface area (Å²) in [5, 5.41) is 0. The van der Waals surface area contributed by atoms with Crippen LogP contribution in [-0.4, -0.2) is 38.0 Å². The quantitative estimate of drug-likeness (QED) is 0.827. The second kappa shape index (κ2) is 5.40. The van der Waals surface area contributed by atoms with Crippen molar-refractivity contribution in [3.05, 3.63) is 22.7 Å². The first kappa shape index (κ1) is 14.8. The molecule has 1 fully saturated rings. The fourth-order valence-electron chi connectivity index (χ4n) is 2.18. The molecule has 1 aromatic rings. The molecular weight excluding hydrogens is 332 g/mol. The molecule has 2 unspecified atom stereocenters. The van der Waals surface area contributed by atoms with Crippen LogP contribution in [0.1, 0.15) is 13.8 Å². The highest BCUT2D eigenvalue weighted by Crippen LogP contribution is 2.28. The maximum Gasteiger partial charge on any atom is 0.244 e. The zero-order chi connectivity index (χ0) is 14.2. The standard InChI is InChI=1S/C12H17BrN2O3S/c1-8-6-15(7-9(2)18-8)19(16,17)12-5-10(14)3-4-11(12)13/h3-5,8-9H,6-7,14H2,1-2H3. The van der Waals surface area contributed by atoms with Gasteiger partial charge in [-0.2, -0.15) is 4.31 Å². The Hall–Kier alpha value is -0.630. The minimum absolute atomic E-state index is 0.113. The van der Waals surface area contributed by atoms with Gasteiger partial charge in [0, 0.05) is 23.2 Å². The predicted octanol–water partition coefficient (Wildman–Crippen LogP) is 1.83. The lowest BCUT2D eigenvalue weighted by molar-refractivity contribution is -0.0440. The lowest BCUT2D eigenvalue weighted by atomic mass is 10.3. The summed E-state index contributed by atoms with van der Waals surface area (Å²) in [4.78, 5) is 0.203. The third kappa shape index (κ3) is 3.10. The molecule has 0 saturated carbocycles. The molecule has 2 N–H and O–H groups in total. The fourth-order valence-corrected chi connectivity index (χ4v) is 4.73. The van der Waals surface area contributed by atoms with Gasteiger partial charge in [-0.15, -0.1) is 0 Å². The van der Waals surface area contributed by atoms with E-state index in [-0.39, 0.29) is 17.1 Å². The van der Waals surface area contributed by atoms with E-state index in [2.05, 4.69) is 15.9 Å². The molecule has 2 rings (SSSR count). The van der Waals surface area contributed by atoms with E-state index < -0.39 is 10.0 Å². The molecule has 2 atom stereocenters. The van der Waals surface area contributed by atoms with Crippen LogP contribution in [0.4, 0.5) is 5.69 Å². The van der Waals surface area contributed by atoms with Crippen molar-refractivity contribution in [3.8, 4) is 0 Å². The molecule has 19 heavy (non-hydrogen) atoms. The van der Waals surface area contributed by atoms with E-state index in [0.717, 1.165) is 0 Å². The summed E-state index contributed by atoms with van der Waals surface area (Å²) >= 11 is 3.27. The Morgan fingerprint density at radius 1 is 1.32 bits per heavy atom. The average Bonchev–Trinajstić information content (AvgIpc) is 2.31. The second-order valence-electron chi connectivity index (χ2n) is 4.77. The van der Waals surface area contributed by atoms with E-state index >= 15 is 0 Å². The van der Waals surface area contributed by atoms with Crippen LogP contribution in [0.3, 0.4) is 0 Å². The van der Waals surface area contributed by atoms with E-state index in [4.69, 9.17) is 10.5 Å². The molecule has 5 nitrogen and oxygen atoms in total. The minimum atomic E-state index is -3.55. The number of ether oxygens (including phenoxy) is 1. The molecule has 106 valence electrons. The highest BCUT2D eigenvalue weighted by atomic mass is 79.9. The summed E-state index contributed by atoms with van der Waals surface area (Å²) < 4.78 is 32.8. The van der Waals surface area contributed by atoms with Crippen LogP contribution in [0.15, 0.2) is 27.6 Å². The number of nitrogens with two attached hydrogens (primary N) is 1. The highest BCUT2D eigenvalue weighted by molar-refractivity contribution is 9.10. The maximum atomic E-state index is 12.6. The monoisotopic (exact) mass is 348 g/mol. The molecular formula is C12H17BrN2O3S. The molecule has 0 aliphatic carbocycles. The zero-order valence-corrected chi connectivity index (χ0v) is 13.2. The van der Waals surface area contributed by atoms with Gasteiger partial charge >= 0.3 is 0 Å². The van der Waals surface area contributed by atoms with Crippen LogP contribution in [0.2, 0.25) is 0 Å². The van der Waals surface area contributed by atoms with Gasteiger partial charge in [-0.1, -0.05) is 0 Å². The first-order chi connectivity index (χ1) is 8.80. The van der Waals surface area contributed by atoms with E-state index in [1.807, 2.05) is 13.8 Å². The SMILES string of the molecule is CC1CN(S(=O)(=O)c2cc(N)ccc2Br)CC(C)O1. The number of anilines is 1. The molecule has 1 aliphatic heterocycles. The van der Waals surface area contributed by atoms with E-state index in [1.54, 1.807) is 12.1 Å². The van der Waals surface area contributed by atoms with Gasteiger partial charge in [0.25, 0.3) is 0 Å². The molecule has 0 radical (unpaired) electrons. The molecule has 0 amide bonds. The summed E-state index contributed by atoms with van der Waals surface area (Å²) in [6, 6.07) is 4.79. The van der Waals surface area contributed by atoms with Gasteiger partial charge < -0.3 is 10.5 Å². The van der Waals surface area contributed by atoms with Gasteiger partial charge in [0.1, 0.15) is 0 Å². The van der Waals surface area contributed by atoms with Gasteiger partial charge in [-0.05, 0) is 48.0 Å². The summed E-state index contributed by atoms with van der Waals surface area (Å²) in [7, 11) is -3.55. The Morgan fingerprint density at radius 2 is 1.89 bits per heavy atom. The second-order valence-corrected chi connectivity index (χ2v) is 7.53. The lowest BCUT2D eigenvalue weighted by Gasteiger charge is -2.34. The molecule has 0 bridgehead atoms. The summed E-state index contributed by atoms with van der Waals surface area (Å²) in [5.41, 5.74) is 6.11. The number of benzene rings is 1. The van der Waals surface area contributed by atoms with Crippen LogP contribution >= 0.6 is 15.9 Å². The number of sulfonamides is 1. The number of hydrogen-bond donors (Lipinski definition) is 1. The maximum absolute atomic E-state index is 12.6. The van der Waals surface area contributed by atoms with E-state index in [9.17, 15) is 8.42 Å². The number of halogens is 1. The average molecular weight is 349 g/mol. The number of nitrogen functional groups attached to an aromatic ring is 1. The number of morpholine rings is 1. The van der Waals surface area contributed by atoms with Gasteiger partial charge in [0.15, 0.2) is 0 Å². The van der Waals surface area contributed by atoms with E-state index in [0.29, 0.717) is 23.2 Å². The predicted molar refractivity (Wildman–Crippen MR) is 77.3 cm³/mol. The van der Waals surface area contributed by atoms with Crippen molar-refractivity contribution in [3.63, 3.8) is 0 Å². The van der Waals surface area contributed by atoms with Gasteiger partial charge in [-0.25, -0.2) is 8.42 Å². The smallest absolute Gasteiger partial charge is 0.244 e. The number of hydrogen-bond acceptors (Lipinski definition) is 4. The van der Waals surface area contributed by atoms with Gasteiger partial charge in [0.05, 0.1) is 17.1 Å². The van der Waals surface area contributed by atoms with Crippen LogP contribution in [0.25, 0.3) is 0 Å². The highest BCUT2D eigenvalue weighted by Gasteiger charge is 2.33. The van der Waals surface area contributed by atoms with Crippen molar-refractivity contribution in [1.29, 1.82) is 0 Å². The molecule has 1 aliphatic rings. The largest absolute Gasteiger partial charge is 0.399 e. The summed E-state index contributed by atoms with van der Waals surface area (Å²) in [5.74, 6) is 0. The normalized spacial score (nSPS) is 25.4. The van der Waals surface area contributed by atoms with Crippen molar-refractivity contribution < 1.29 is 13.2 Å². The minimum Gasteiger partial charge on any atom is -0.399 e. The van der Waals surface area contributed by atoms with Crippen LogP contribution in [-0.2, 0) is 14.8 Å². The van der Waals surface area contributed by atoms with Crippen molar-refractivity contribution in [2.24, 2.45) is 0 Å². The Kier molecular flexibility index (Phi) is 4.20. The topological polar surface area (TPSA) is 72.6 Å².